The van der Waals surface area contributed by atoms with Crippen LogP contribution in [0.15, 0.2) is 107 Å². The first-order valence-corrected chi connectivity index (χ1v) is 19.3. The summed E-state index contributed by atoms with van der Waals surface area (Å²) in [5, 5.41) is 0.519. The number of halogens is 4. The first-order chi connectivity index (χ1) is 24.9. The molecule has 4 rings (SSSR count). The van der Waals surface area contributed by atoms with E-state index in [-0.39, 0.29) is 23.0 Å². The molecule has 0 radical (unpaired) electrons. The van der Waals surface area contributed by atoms with Gasteiger partial charge in [-0.3, -0.25) is 9.97 Å². The molecule has 2 amide bonds. The van der Waals surface area contributed by atoms with Gasteiger partial charge in [-0.1, -0.05) is 36.4 Å². The van der Waals surface area contributed by atoms with Gasteiger partial charge in [-0.15, -0.1) is 0 Å². The van der Waals surface area contributed by atoms with Gasteiger partial charge in [0.1, 0.15) is 22.8 Å². The molecule has 4 aromatic rings. The largest absolute Gasteiger partial charge is 0.444 e. The summed E-state index contributed by atoms with van der Waals surface area (Å²) in [6.45, 7) is 9.00. The molecule has 0 saturated heterocycles. The van der Waals surface area contributed by atoms with Crippen LogP contribution in [-0.4, -0.2) is 74.3 Å². The summed E-state index contributed by atoms with van der Waals surface area (Å²) in [6, 6.07) is 14.9. The van der Waals surface area contributed by atoms with Gasteiger partial charge < -0.3 is 20.1 Å². The van der Waals surface area contributed by atoms with E-state index in [1.54, 1.807) is 65.8 Å². The van der Waals surface area contributed by atoms with E-state index in [1.807, 2.05) is 5.32 Å². The normalized spacial score (nSPS) is 13.1. The van der Waals surface area contributed by atoms with Gasteiger partial charge >= 0.3 is 17.4 Å². The zero-order valence-corrected chi connectivity index (χ0v) is 31.8. The number of fused-ring (bicyclic) bond motifs is 2. The Bertz CT molecular complexity index is 2260. The van der Waals surface area contributed by atoms with Crippen molar-refractivity contribution in [3.8, 4) is 0 Å². The van der Waals surface area contributed by atoms with E-state index >= 15 is 0 Å². The smallest absolute Gasteiger partial charge is 0.407 e. The van der Waals surface area contributed by atoms with Crippen LogP contribution in [0.1, 0.15) is 41.5 Å². The van der Waals surface area contributed by atoms with Crippen LogP contribution in [0.5, 0.6) is 0 Å². The summed E-state index contributed by atoms with van der Waals surface area (Å²) in [7, 11) is -9.34. The molecule has 0 unspecified atom stereocenters. The number of hydrogen-bond donors (Lipinski definition) is 2. The van der Waals surface area contributed by atoms with Crippen molar-refractivity contribution in [2.24, 2.45) is 0 Å². The van der Waals surface area contributed by atoms with Crippen LogP contribution in [0, 0.1) is 0 Å². The maximum atomic E-state index is 14.4. The lowest BCUT2D eigenvalue weighted by molar-refractivity contribution is 0.0521. The van der Waals surface area contributed by atoms with Gasteiger partial charge in [0.2, 0.25) is 0 Å². The van der Waals surface area contributed by atoms with E-state index in [1.165, 1.54) is 42.7 Å². The molecule has 2 aromatic carbocycles. The average molecular weight is 797 g/mol. The lowest BCUT2D eigenvalue weighted by atomic mass is 10.2. The van der Waals surface area contributed by atoms with E-state index in [0.29, 0.717) is 16.3 Å². The lowest BCUT2D eigenvalue weighted by Gasteiger charge is -2.19. The fraction of sp³-hybridized carbons (Fsp3) is 0.333. The van der Waals surface area contributed by atoms with Gasteiger partial charge in [0, 0.05) is 36.3 Å². The molecule has 0 aliphatic rings. The van der Waals surface area contributed by atoms with Crippen molar-refractivity contribution in [3.63, 3.8) is 0 Å². The fourth-order valence-electron chi connectivity index (χ4n) is 4.42. The molecule has 292 valence electrons. The Morgan fingerprint density at radius 2 is 1.11 bits per heavy atom. The second-order valence-corrected chi connectivity index (χ2v) is 17.3. The van der Waals surface area contributed by atoms with Crippen LogP contribution in [0.25, 0.3) is 21.8 Å². The highest BCUT2D eigenvalue weighted by molar-refractivity contribution is 7.93. The Hall–Kier alpha value is -5.10. The van der Waals surface area contributed by atoms with Crippen LogP contribution in [-0.2, 0) is 29.1 Å². The second-order valence-electron chi connectivity index (χ2n) is 13.4. The molecular formula is C36H40F4N4O8S2. The monoisotopic (exact) mass is 796 g/mol. The first kappa shape index (κ1) is 43.3. The minimum Gasteiger partial charge on any atom is -0.444 e. The Balaban J connectivity index is 0.000000291. The van der Waals surface area contributed by atoms with Crippen molar-refractivity contribution in [1.82, 2.24) is 20.6 Å². The van der Waals surface area contributed by atoms with Crippen molar-refractivity contribution in [1.29, 1.82) is 0 Å². The highest BCUT2D eigenvalue weighted by atomic mass is 32.2. The maximum absolute atomic E-state index is 14.4. The molecule has 0 aliphatic heterocycles. The zero-order valence-electron chi connectivity index (χ0n) is 30.2. The third-order valence-corrected chi connectivity index (χ3v) is 10.1. The van der Waals surface area contributed by atoms with Crippen molar-refractivity contribution < 1.29 is 53.5 Å². The minimum absolute atomic E-state index is 0.0285. The number of amides is 2. The van der Waals surface area contributed by atoms with E-state index in [9.17, 15) is 44.0 Å². The number of alkyl carbamates (subject to hydrolysis) is 2. The molecule has 2 N–H and O–H groups in total. The quantitative estimate of drug-likeness (QED) is 0.155. The number of rotatable bonds is 10. The number of carbonyl (C=O) groups excluding carboxylic acids is 2. The standard InChI is InChI=1S/C18H19F3N2O4S.C18H21FN2O4S/c1-17(2,3)27-16(24)23-11-9-14(19)18(20,21)28(25,26)13-8-4-6-12-7-5-10-22-15(12)13;1-18(2,3)25-17(22)21-11-9-14(19)12-26(23,24)15-8-4-6-13-7-5-10-20-16(13)15/h4-10H,11H2,1-3H3,(H,23,24);4-10H,11-12H2,1-3H3,(H,21,22)/b2*14-9-. The first-order valence-electron chi connectivity index (χ1n) is 16.1. The molecule has 2 aromatic heterocycles. The topological polar surface area (TPSA) is 171 Å². The van der Waals surface area contributed by atoms with Crippen LogP contribution >= 0.6 is 0 Å². The van der Waals surface area contributed by atoms with Crippen molar-refractivity contribution in [2.45, 2.75) is 67.8 Å². The Morgan fingerprint density at radius 1 is 0.685 bits per heavy atom. The molecule has 0 aliphatic carbocycles. The van der Waals surface area contributed by atoms with E-state index in [2.05, 4.69) is 15.3 Å². The predicted molar refractivity (Wildman–Crippen MR) is 195 cm³/mol. The van der Waals surface area contributed by atoms with Gasteiger partial charge in [0.25, 0.3) is 9.84 Å². The molecular weight excluding hydrogens is 757 g/mol. The molecule has 2 heterocycles. The summed E-state index contributed by atoms with van der Waals surface area (Å²) in [5.41, 5.74) is -1.39. The SMILES string of the molecule is CC(C)(C)OC(=O)NC/C=C(\F)C(F)(F)S(=O)(=O)c1cccc2cccnc12.CC(C)(C)OC(=O)NC/C=C(\F)CS(=O)(=O)c1cccc2cccnc12. The summed E-state index contributed by atoms with van der Waals surface area (Å²) in [6.07, 6.45) is 2.35. The number of alkyl halides is 2. The maximum Gasteiger partial charge on any atom is 0.407 e. The number of hydrogen-bond acceptors (Lipinski definition) is 10. The molecule has 0 spiro atoms. The van der Waals surface area contributed by atoms with Crippen LogP contribution in [0.2, 0.25) is 0 Å². The third-order valence-electron chi connectivity index (χ3n) is 6.65. The Kier molecular flexibility index (Phi) is 13.9. The number of carbonyl (C=O) groups is 2. The molecule has 0 bridgehead atoms. The number of pyridine rings is 2. The average Bonchev–Trinajstić information content (AvgIpc) is 3.06. The number of sulfone groups is 2. The number of aromatic nitrogens is 2. The summed E-state index contributed by atoms with van der Waals surface area (Å²) in [4.78, 5) is 30.0. The van der Waals surface area contributed by atoms with Gasteiger partial charge in [0.05, 0.1) is 20.8 Å². The predicted octanol–water partition coefficient (Wildman–Crippen LogP) is 7.37. The highest BCUT2D eigenvalue weighted by Gasteiger charge is 2.51. The fourth-order valence-corrected chi connectivity index (χ4v) is 7.11. The number of para-hydroxylation sites is 2. The van der Waals surface area contributed by atoms with Crippen LogP contribution in [0.4, 0.5) is 27.2 Å². The number of nitrogens with one attached hydrogen (secondary N) is 2. The Morgan fingerprint density at radius 3 is 1.59 bits per heavy atom. The number of nitrogens with zero attached hydrogens (tertiary/aromatic N) is 2. The van der Waals surface area contributed by atoms with Gasteiger partial charge in [-0.2, -0.15) is 8.78 Å². The summed E-state index contributed by atoms with van der Waals surface area (Å²) in [5.74, 6) is -3.89. The van der Waals surface area contributed by atoms with E-state index < -0.39 is 77.2 Å². The Labute approximate surface area is 310 Å². The molecule has 18 heteroatoms. The molecule has 54 heavy (non-hydrogen) atoms. The van der Waals surface area contributed by atoms with Crippen molar-refractivity contribution in [3.05, 3.63) is 96.9 Å². The molecule has 0 atom stereocenters. The van der Waals surface area contributed by atoms with Crippen molar-refractivity contribution in [2.75, 3.05) is 18.8 Å². The van der Waals surface area contributed by atoms with Crippen LogP contribution in [0.3, 0.4) is 0 Å². The molecule has 12 nitrogen and oxygen atoms in total. The van der Waals surface area contributed by atoms with E-state index in [4.69, 9.17) is 9.47 Å². The number of ether oxygens (including phenoxy) is 2. The van der Waals surface area contributed by atoms with Gasteiger partial charge in [-0.05, 0) is 78.0 Å². The molecule has 0 fully saturated rings. The number of benzene rings is 2. The van der Waals surface area contributed by atoms with Gasteiger partial charge in [0.15, 0.2) is 15.7 Å². The highest BCUT2D eigenvalue weighted by Crippen LogP contribution is 2.38. The summed E-state index contributed by atoms with van der Waals surface area (Å²) >= 11 is 0. The van der Waals surface area contributed by atoms with E-state index in [0.717, 1.165) is 12.1 Å². The summed E-state index contributed by atoms with van der Waals surface area (Å²) < 4.78 is 117. The van der Waals surface area contributed by atoms with Gasteiger partial charge in [-0.25, -0.2) is 35.2 Å². The molecule has 0 saturated carbocycles. The zero-order chi connectivity index (χ0) is 40.5. The second kappa shape index (κ2) is 17.4. The minimum atomic E-state index is -5.43. The third kappa shape index (κ3) is 12.0. The van der Waals surface area contributed by atoms with Crippen molar-refractivity contribution >= 4 is 53.7 Å². The van der Waals surface area contributed by atoms with Crippen LogP contribution < -0.4 is 10.6 Å². The lowest BCUT2D eigenvalue weighted by Crippen LogP contribution is -2.34.